The molecule has 0 spiro atoms. The van der Waals surface area contributed by atoms with E-state index in [-0.39, 0.29) is 11.8 Å². The van der Waals surface area contributed by atoms with Crippen molar-refractivity contribution in [1.29, 1.82) is 0 Å². The molecule has 2 heterocycles. The van der Waals surface area contributed by atoms with Gasteiger partial charge < -0.3 is 9.15 Å². The molecular formula is C24H21NO4S. The van der Waals surface area contributed by atoms with Gasteiger partial charge in [0.2, 0.25) is 0 Å². The number of methoxy groups -OCH3 is 1. The summed E-state index contributed by atoms with van der Waals surface area (Å²) < 4.78 is 10.6. The summed E-state index contributed by atoms with van der Waals surface area (Å²) in [7, 11) is 1.57. The predicted octanol–water partition coefficient (Wildman–Crippen LogP) is 5.12. The second-order valence-electron chi connectivity index (χ2n) is 7.03. The molecule has 0 saturated carbocycles. The summed E-state index contributed by atoms with van der Waals surface area (Å²) in [5.41, 5.74) is 3.78. The lowest BCUT2D eigenvalue weighted by molar-refractivity contribution is -0.119. The van der Waals surface area contributed by atoms with Crippen LogP contribution in [0, 0.1) is 13.8 Å². The van der Waals surface area contributed by atoms with Crippen molar-refractivity contribution in [3.8, 4) is 5.75 Å². The molecule has 1 aromatic heterocycles. The first-order valence-electron chi connectivity index (χ1n) is 9.49. The minimum absolute atomic E-state index is 0.320. The van der Waals surface area contributed by atoms with Crippen LogP contribution in [-0.2, 0) is 15.3 Å². The largest absolute Gasteiger partial charge is 0.497 e. The van der Waals surface area contributed by atoms with E-state index >= 15 is 0 Å². The van der Waals surface area contributed by atoms with Crippen LogP contribution in [0.5, 0.6) is 5.75 Å². The number of aryl methyl sites for hydroxylation is 2. The van der Waals surface area contributed by atoms with Crippen LogP contribution >= 0.6 is 11.8 Å². The van der Waals surface area contributed by atoms with Crippen molar-refractivity contribution >= 4 is 34.8 Å². The minimum atomic E-state index is -0.323. The summed E-state index contributed by atoms with van der Waals surface area (Å²) in [6.07, 6.45) is 1.60. The van der Waals surface area contributed by atoms with Crippen LogP contribution in [0.3, 0.4) is 0 Å². The van der Waals surface area contributed by atoms with Crippen molar-refractivity contribution in [1.82, 2.24) is 0 Å². The molecule has 0 bridgehead atoms. The Kier molecular flexibility index (Phi) is 5.50. The van der Waals surface area contributed by atoms with Crippen LogP contribution in [0.25, 0.3) is 5.57 Å². The van der Waals surface area contributed by atoms with E-state index in [1.807, 2.05) is 38.1 Å². The summed E-state index contributed by atoms with van der Waals surface area (Å²) in [6, 6.07) is 16.5. The quantitative estimate of drug-likeness (QED) is 0.519. The monoisotopic (exact) mass is 419 g/mol. The number of nitrogens with zero attached hydrogens (tertiary/aromatic N) is 1. The molecule has 0 N–H and O–H groups in total. The smallest absolute Gasteiger partial charge is 0.272 e. The zero-order valence-corrected chi connectivity index (χ0v) is 17.8. The van der Waals surface area contributed by atoms with Crippen LogP contribution in [-0.4, -0.2) is 18.9 Å². The molecule has 1 aliphatic rings. The van der Waals surface area contributed by atoms with E-state index in [1.54, 1.807) is 43.7 Å². The fourth-order valence-electron chi connectivity index (χ4n) is 3.48. The van der Waals surface area contributed by atoms with E-state index in [0.717, 1.165) is 22.5 Å². The molecule has 1 aliphatic heterocycles. The Morgan fingerprint density at radius 2 is 1.77 bits per heavy atom. The number of hydrogen-bond donors (Lipinski definition) is 0. The first kappa shape index (κ1) is 20.0. The van der Waals surface area contributed by atoms with Gasteiger partial charge in [0, 0.05) is 0 Å². The molecule has 4 rings (SSSR count). The Hall–Kier alpha value is -3.25. The molecule has 3 aromatic rings. The van der Waals surface area contributed by atoms with Gasteiger partial charge in [-0.25, -0.2) is 4.90 Å². The third kappa shape index (κ3) is 3.66. The Morgan fingerprint density at radius 1 is 1.00 bits per heavy atom. The fraction of sp³-hybridized carbons (Fsp3) is 0.167. The van der Waals surface area contributed by atoms with Crippen LogP contribution in [0.15, 0.2) is 70.2 Å². The van der Waals surface area contributed by atoms with Crippen LogP contribution in [0.4, 0.5) is 5.69 Å². The van der Waals surface area contributed by atoms with Gasteiger partial charge in [-0.3, -0.25) is 9.59 Å². The summed E-state index contributed by atoms with van der Waals surface area (Å²) in [6.45, 7) is 3.96. The third-order valence-corrected chi connectivity index (χ3v) is 6.06. The highest BCUT2D eigenvalue weighted by Crippen LogP contribution is 2.40. The van der Waals surface area contributed by atoms with E-state index in [1.165, 1.54) is 16.7 Å². The Balaban J connectivity index is 1.76. The number of amides is 2. The predicted molar refractivity (Wildman–Crippen MR) is 118 cm³/mol. The molecule has 0 atom stereocenters. The highest BCUT2D eigenvalue weighted by Gasteiger charge is 2.40. The number of carbonyl (C=O) groups is 2. The lowest BCUT2D eigenvalue weighted by Crippen LogP contribution is -2.31. The Labute approximate surface area is 179 Å². The van der Waals surface area contributed by atoms with Crippen molar-refractivity contribution in [3.05, 3.63) is 88.2 Å². The number of hydrogen-bond acceptors (Lipinski definition) is 5. The van der Waals surface area contributed by atoms with E-state index in [4.69, 9.17) is 9.15 Å². The lowest BCUT2D eigenvalue weighted by Gasteiger charge is -2.16. The standard InChI is InChI=1S/C24H21NO4S/c1-15-6-11-20(16(2)13-15)21-22(30-14-19-5-4-12-29-19)24(27)25(23(21)26)17-7-9-18(28-3)10-8-17/h4-13H,14H2,1-3H3. The highest BCUT2D eigenvalue weighted by molar-refractivity contribution is 8.03. The summed E-state index contributed by atoms with van der Waals surface area (Å²) in [4.78, 5) is 28.5. The molecule has 0 saturated heterocycles. The van der Waals surface area contributed by atoms with Crippen molar-refractivity contribution in [3.63, 3.8) is 0 Å². The minimum Gasteiger partial charge on any atom is -0.497 e. The number of carbonyl (C=O) groups excluding carboxylic acids is 2. The SMILES string of the molecule is COc1ccc(N2C(=O)C(SCc3ccco3)=C(c3ccc(C)cc3C)C2=O)cc1. The van der Waals surface area contributed by atoms with Gasteiger partial charge in [0.15, 0.2) is 0 Å². The van der Waals surface area contributed by atoms with Crippen molar-refractivity contribution in [2.45, 2.75) is 19.6 Å². The summed E-state index contributed by atoms with van der Waals surface area (Å²) in [5.74, 6) is 1.23. The summed E-state index contributed by atoms with van der Waals surface area (Å²) in [5, 5.41) is 0. The molecule has 0 radical (unpaired) electrons. The molecule has 0 aliphatic carbocycles. The maximum absolute atomic E-state index is 13.5. The van der Waals surface area contributed by atoms with E-state index in [0.29, 0.717) is 27.7 Å². The first-order valence-corrected chi connectivity index (χ1v) is 10.5. The third-order valence-electron chi connectivity index (χ3n) is 4.96. The molecule has 30 heavy (non-hydrogen) atoms. The molecule has 0 fully saturated rings. The van der Waals surface area contributed by atoms with Crippen LogP contribution in [0.1, 0.15) is 22.5 Å². The molecule has 0 unspecified atom stereocenters. The van der Waals surface area contributed by atoms with Crippen LogP contribution in [0.2, 0.25) is 0 Å². The van der Waals surface area contributed by atoms with Gasteiger partial charge in [0.1, 0.15) is 11.5 Å². The lowest BCUT2D eigenvalue weighted by atomic mass is 9.99. The van der Waals surface area contributed by atoms with Gasteiger partial charge in [0.25, 0.3) is 11.8 Å². The van der Waals surface area contributed by atoms with Gasteiger partial charge >= 0.3 is 0 Å². The Morgan fingerprint density at radius 3 is 2.40 bits per heavy atom. The highest BCUT2D eigenvalue weighted by atomic mass is 32.2. The molecule has 6 heteroatoms. The number of furan rings is 1. The summed E-state index contributed by atoms with van der Waals surface area (Å²) >= 11 is 1.32. The average molecular weight is 420 g/mol. The number of ether oxygens (including phenoxy) is 1. The van der Waals surface area contributed by atoms with Crippen molar-refractivity contribution < 1.29 is 18.7 Å². The number of anilines is 1. The van der Waals surface area contributed by atoms with Gasteiger partial charge in [-0.2, -0.15) is 0 Å². The maximum Gasteiger partial charge on any atom is 0.272 e. The topological polar surface area (TPSA) is 59.8 Å². The fourth-order valence-corrected chi connectivity index (χ4v) is 4.49. The average Bonchev–Trinajstić information content (AvgIpc) is 3.33. The second-order valence-corrected chi connectivity index (χ2v) is 8.02. The van der Waals surface area contributed by atoms with E-state index in [9.17, 15) is 9.59 Å². The first-order chi connectivity index (χ1) is 14.5. The zero-order chi connectivity index (χ0) is 21.3. The van der Waals surface area contributed by atoms with Crippen molar-refractivity contribution in [2.24, 2.45) is 0 Å². The van der Waals surface area contributed by atoms with Gasteiger partial charge in [-0.1, -0.05) is 23.8 Å². The number of rotatable bonds is 6. The van der Waals surface area contributed by atoms with Gasteiger partial charge in [-0.05, 0) is 61.4 Å². The Bertz CT molecular complexity index is 1130. The number of imide groups is 1. The van der Waals surface area contributed by atoms with E-state index < -0.39 is 0 Å². The molecule has 5 nitrogen and oxygen atoms in total. The molecular weight excluding hydrogens is 398 g/mol. The van der Waals surface area contributed by atoms with Gasteiger partial charge in [-0.15, -0.1) is 11.8 Å². The number of benzene rings is 2. The normalized spacial score (nSPS) is 14.0. The van der Waals surface area contributed by atoms with Crippen molar-refractivity contribution in [2.75, 3.05) is 12.0 Å². The van der Waals surface area contributed by atoms with Gasteiger partial charge in [0.05, 0.1) is 35.3 Å². The molecule has 152 valence electrons. The molecule has 2 amide bonds. The zero-order valence-electron chi connectivity index (χ0n) is 17.0. The van der Waals surface area contributed by atoms with Crippen LogP contribution < -0.4 is 9.64 Å². The number of thioether (sulfide) groups is 1. The maximum atomic E-state index is 13.5. The molecule has 2 aromatic carbocycles. The van der Waals surface area contributed by atoms with E-state index in [2.05, 4.69) is 0 Å². The second kappa shape index (κ2) is 8.24.